The molecule has 0 aliphatic rings. The molecular formula is C27H55IO11. The first-order chi connectivity index (χ1) is 19.4. The molecule has 39 heavy (non-hydrogen) atoms. The van der Waals surface area contributed by atoms with Crippen LogP contribution in [-0.4, -0.2) is 150 Å². The molecule has 0 spiro atoms. The maximum Gasteiger partial charge on any atom is 0.0701 e. The summed E-state index contributed by atoms with van der Waals surface area (Å²) < 4.78 is 60.9. The van der Waals surface area contributed by atoms with Gasteiger partial charge in [-0.1, -0.05) is 42.4 Å². The van der Waals surface area contributed by atoms with Crippen LogP contribution in [0.25, 0.3) is 0 Å². The first-order valence-electron chi connectivity index (χ1n) is 14.3. The lowest BCUT2D eigenvalue weighted by atomic mass is 10.3. The van der Waals surface area contributed by atoms with Crippen LogP contribution < -0.4 is 0 Å². The van der Waals surface area contributed by atoms with Gasteiger partial charge in [-0.05, 0) is 6.42 Å². The summed E-state index contributed by atoms with van der Waals surface area (Å²) in [6, 6.07) is 0. The Morgan fingerprint density at radius 3 is 0.692 bits per heavy atom. The van der Waals surface area contributed by atoms with Gasteiger partial charge in [-0.25, -0.2) is 0 Å². The number of halogens is 1. The predicted octanol–water partition coefficient (Wildman–Crippen LogP) is 2.79. The highest BCUT2D eigenvalue weighted by atomic mass is 127. The highest BCUT2D eigenvalue weighted by Crippen LogP contribution is 1.94. The third-order valence-electron chi connectivity index (χ3n) is 4.83. The summed E-state index contributed by atoms with van der Waals surface area (Å²) in [7, 11) is 0. The molecule has 11 nitrogen and oxygen atoms in total. The molecule has 0 radical (unpaired) electrons. The molecule has 0 aliphatic heterocycles. The van der Waals surface area contributed by atoms with Crippen molar-refractivity contribution in [1.29, 1.82) is 0 Å². The molecular weight excluding hydrogens is 627 g/mol. The Balaban J connectivity index is 3.01. The molecule has 0 fully saturated rings. The molecule has 0 rings (SSSR count). The fourth-order valence-electron chi connectivity index (χ4n) is 2.81. The van der Waals surface area contributed by atoms with Crippen molar-refractivity contribution in [2.75, 3.05) is 150 Å². The molecule has 0 heterocycles. The van der Waals surface area contributed by atoms with Gasteiger partial charge in [0.1, 0.15) is 0 Å². The van der Waals surface area contributed by atoms with Crippen molar-refractivity contribution in [2.45, 2.75) is 26.2 Å². The van der Waals surface area contributed by atoms with E-state index in [-0.39, 0.29) is 0 Å². The van der Waals surface area contributed by atoms with Crippen molar-refractivity contribution in [1.82, 2.24) is 0 Å². The van der Waals surface area contributed by atoms with Crippen LogP contribution in [0.5, 0.6) is 0 Å². The number of alkyl halides is 1. The highest BCUT2D eigenvalue weighted by Gasteiger charge is 1.96. The number of rotatable bonds is 36. The van der Waals surface area contributed by atoms with E-state index in [4.69, 9.17) is 52.1 Å². The molecule has 236 valence electrons. The van der Waals surface area contributed by atoms with Crippen LogP contribution in [0.3, 0.4) is 0 Å². The fraction of sp³-hybridized carbons (Fsp3) is 1.00. The zero-order chi connectivity index (χ0) is 28.2. The SMILES string of the molecule is CCCCCOCCOCCOCCOCCOCCOCCOCCOCCOCCOCCOCCI. The summed E-state index contributed by atoms with van der Waals surface area (Å²) in [5.74, 6) is 0. The van der Waals surface area contributed by atoms with Crippen LogP contribution in [-0.2, 0) is 52.1 Å². The van der Waals surface area contributed by atoms with E-state index in [1.807, 2.05) is 0 Å². The Labute approximate surface area is 250 Å². The van der Waals surface area contributed by atoms with Crippen LogP contribution in [0.4, 0.5) is 0 Å². The largest absolute Gasteiger partial charge is 0.379 e. The topological polar surface area (TPSA) is 102 Å². The van der Waals surface area contributed by atoms with E-state index in [0.717, 1.165) is 24.1 Å². The van der Waals surface area contributed by atoms with E-state index in [2.05, 4.69) is 29.5 Å². The number of ether oxygens (including phenoxy) is 11. The highest BCUT2D eigenvalue weighted by molar-refractivity contribution is 14.1. The normalized spacial score (nSPS) is 11.5. The average Bonchev–Trinajstić information content (AvgIpc) is 2.95. The lowest BCUT2D eigenvalue weighted by Gasteiger charge is -2.09. The zero-order valence-corrected chi connectivity index (χ0v) is 26.4. The van der Waals surface area contributed by atoms with Crippen molar-refractivity contribution in [3.63, 3.8) is 0 Å². The van der Waals surface area contributed by atoms with Crippen molar-refractivity contribution < 1.29 is 52.1 Å². The van der Waals surface area contributed by atoms with Gasteiger partial charge in [-0.2, -0.15) is 0 Å². The monoisotopic (exact) mass is 682 g/mol. The van der Waals surface area contributed by atoms with Crippen LogP contribution in [0.15, 0.2) is 0 Å². The molecule has 0 aromatic heterocycles. The first kappa shape index (κ1) is 39.3. The standard InChI is InChI=1S/C27H55IO11/c1-2-3-4-6-29-8-10-31-12-14-33-16-18-35-20-22-37-24-26-39-27-25-38-23-21-36-19-17-34-15-13-32-11-9-30-7-5-28/h2-27H2,1H3. The second-order valence-electron chi connectivity index (χ2n) is 8.13. The van der Waals surface area contributed by atoms with Crippen molar-refractivity contribution >= 4 is 22.6 Å². The van der Waals surface area contributed by atoms with Gasteiger partial charge in [0.25, 0.3) is 0 Å². The van der Waals surface area contributed by atoms with Gasteiger partial charge in [-0.15, -0.1) is 0 Å². The van der Waals surface area contributed by atoms with Crippen molar-refractivity contribution in [3.8, 4) is 0 Å². The lowest BCUT2D eigenvalue weighted by molar-refractivity contribution is -0.0273. The van der Waals surface area contributed by atoms with Gasteiger partial charge < -0.3 is 52.1 Å². The lowest BCUT2D eigenvalue weighted by Crippen LogP contribution is -2.15. The average molecular weight is 683 g/mol. The molecule has 0 aromatic rings. The Morgan fingerprint density at radius 2 is 0.487 bits per heavy atom. The summed E-state index contributed by atoms with van der Waals surface area (Å²) in [6.45, 7) is 14.9. The molecule has 0 aliphatic carbocycles. The summed E-state index contributed by atoms with van der Waals surface area (Å²) in [4.78, 5) is 0. The summed E-state index contributed by atoms with van der Waals surface area (Å²) in [6.07, 6.45) is 3.55. The Kier molecular flexibility index (Phi) is 38.6. The molecule has 0 atom stereocenters. The minimum atomic E-state index is 0.527. The van der Waals surface area contributed by atoms with E-state index in [1.165, 1.54) is 12.8 Å². The van der Waals surface area contributed by atoms with Crippen LogP contribution >= 0.6 is 22.6 Å². The number of unbranched alkanes of at least 4 members (excludes halogenated alkanes) is 2. The molecule has 0 amide bonds. The second-order valence-corrected chi connectivity index (χ2v) is 9.21. The summed E-state index contributed by atoms with van der Waals surface area (Å²) in [5.41, 5.74) is 0. The van der Waals surface area contributed by atoms with Gasteiger partial charge in [0.2, 0.25) is 0 Å². The van der Waals surface area contributed by atoms with Gasteiger partial charge >= 0.3 is 0 Å². The smallest absolute Gasteiger partial charge is 0.0701 e. The van der Waals surface area contributed by atoms with Gasteiger partial charge in [0.15, 0.2) is 0 Å². The molecule has 0 saturated carbocycles. The summed E-state index contributed by atoms with van der Waals surface area (Å²) in [5, 5.41) is 0. The van der Waals surface area contributed by atoms with E-state index in [0.29, 0.717) is 132 Å². The minimum Gasteiger partial charge on any atom is -0.379 e. The third-order valence-corrected chi connectivity index (χ3v) is 5.27. The Morgan fingerprint density at radius 1 is 0.282 bits per heavy atom. The molecule has 12 heteroatoms. The fourth-order valence-corrected chi connectivity index (χ4v) is 3.12. The summed E-state index contributed by atoms with van der Waals surface area (Å²) >= 11 is 2.28. The van der Waals surface area contributed by atoms with E-state index in [1.54, 1.807) is 0 Å². The van der Waals surface area contributed by atoms with Gasteiger partial charge in [0, 0.05) is 11.0 Å². The van der Waals surface area contributed by atoms with E-state index < -0.39 is 0 Å². The molecule has 0 saturated heterocycles. The second kappa shape index (κ2) is 38.3. The maximum atomic E-state index is 5.48. The third kappa shape index (κ3) is 38.3. The van der Waals surface area contributed by atoms with Crippen LogP contribution in [0.1, 0.15) is 26.2 Å². The van der Waals surface area contributed by atoms with Gasteiger partial charge in [0.05, 0.1) is 139 Å². The van der Waals surface area contributed by atoms with Crippen molar-refractivity contribution in [2.24, 2.45) is 0 Å². The number of hydrogen-bond acceptors (Lipinski definition) is 11. The first-order valence-corrected chi connectivity index (χ1v) is 15.9. The quantitative estimate of drug-likeness (QED) is 0.0554. The number of hydrogen-bond donors (Lipinski definition) is 0. The van der Waals surface area contributed by atoms with Gasteiger partial charge in [-0.3, -0.25) is 0 Å². The van der Waals surface area contributed by atoms with Crippen LogP contribution in [0, 0.1) is 0 Å². The maximum absolute atomic E-state index is 5.48. The predicted molar refractivity (Wildman–Crippen MR) is 157 cm³/mol. The minimum absolute atomic E-state index is 0.527. The van der Waals surface area contributed by atoms with E-state index in [9.17, 15) is 0 Å². The van der Waals surface area contributed by atoms with E-state index >= 15 is 0 Å². The zero-order valence-electron chi connectivity index (χ0n) is 24.3. The Hall–Kier alpha value is 0.290. The molecule has 0 aromatic carbocycles. The molecule has 0 unspecified atom stereocenters. The van der Waals surface area contributed by atoms with Crippen LogP contribution in [0.2, 0.25) is 0 Å². The Bertz CT molecular complexity index is 389. The molecule has 0 N–H and O–H groups in total. The van der Waals surface area contributed by atoms with Crippen molar-refractivity contribution in [3.05, 3.63) is 0 Å². The molecule has 0 bridgehead atoms.